The fraction of sp³-hybridized carbons (Fsp3) is 0.421. The number of esters is 1. The van der Waals surface area contributed by atoms with E-state index in [-0.39, 0.29) is 29.2 Å². The van der Waals surface area contributed by atoms with Crippen molar-refractivity contribution in [3.8, 4) is 0 Å². The Hall–Kier alpha value is -2.70. The maximum Gasteiger partial charge on any atom is 0.343 e. The number of carbonyl (C=O) groups excluding carboxylic acids is 1. The van der Waals surface area contributed by atoms with Gasteiger partial charge in [0.15, 0.2) is 0 Å². The molecule has 7 heteroatoms. The minimum Gasteiger partial charge on any atom is -0.481 e. The van der Waals surface area contributed by atoms with Gasteiger partial charge in [-0.1, -0.05) is 0 Å². The SMILES string of the molecule is CCOC(=O)c1cn(C2CC2)c2cc(C3(C(=O)O)CC3)c(F)cc2c1=O. The third kappa shape index (κ3) is 2.41. The molecule has 1 N–H and O–H groups in total. The van der Waals surface area contributed by atoms with Crippen LogP contribution in [0.15, 0.2) is 23.1 Å². The minimum atomic E-state index is -1.21. The van der Waals surface area contributed by atoms with Crippen molar-refractivity contribution in [2.45, 2.75) is 44.1 Å². The predicted molar refractivity (Wildman–Crippen MR) is 90.9 cm³/mol. The highest BCUT2D eigenvalue weighted by Crippen LogP contribution is 2.50. The van der Waals surface area contributed by atoms with E-state index in [2.05, 4.69) is 0 Å². The molecule has 2 fully saturated rings. The molecule has 1 aromatic carbocycles. The topological polar surface area (TPSA) is 85.6 Å². The van der Waals surface area contributed by atoms with Gasteiger partial charge in [-0.3, -0.25) is 9.59 Å². The molecule has 0 saturated heterocycles. The first-order chi connectivity index (χ1) is 12.4. The van der Waals surface area contributed by atoms with Gasteiger partial charge < -0.3 is 14.4 Å². The molecule has 2 saturated carbocycles. The van der Waals surface area contributed by atoms with Crippen molar-refractivity contribution < 1.29 is 23.8 Å². The van der Waals surface area contributed by atoms with Crippen LogP contribution in [0.2, 0.25) is 0 Å². The highest BCUT2D eigenvalue weighted by Gasteiger charge is 2.53. The molecule has 6 nitrogen and oxygen atoms in total. The Kier molecular flexibility index (Phi) is 3.64. The second kappa shape index (κ2) is 5.65. The molecule has 0 spiro atoms. The molecule has 2 aliphatic carbocycles. The van der Waals surface area contributed by atoms with Crippen LogP contribution in [-0.4, -0.2) is 28.2 Å². The van der Waals surface area contributed by atoms with Crippen molar-refractivity contribution in [3.63, 3.8) is 0 Å². The zero-order valence-corrected chi connectivity index (χ0v) is 14.3. The van der Waals surface area contributed by atoms with Crippen LogP contribution in [0.1, 0.15) is 54.6 Å². The summed E-state index contributed by atoms with van der Waals surface area (Å²) in [6.07, 6.45) is 3.98. The molecular weight excluding hydrogens is 341 g/mol. The summed E-state index contributed by atoms with van der Waals surface area (Å²) in [6, 6.07) is 2.66. The van der Waals surface area contributed by atoms with Crippen molar-refractivity contribution in [2.75, 3.05) is 6.61 Å². The Labute approximate surface area is 148 Å². The van der Waals surface area contributed by atoms with Crippen molar-refractivity contribution in [2.24, 2.45) is 0 Å². The molecule has 2 aromatic rings. The number of aromatic nitrogens is 1. The van der Waals surface area contributed by atoms with Gasteiger partial charge in [-0.05, 0) is 44.7 Å². The maximum absolute atomic E-state index is 14.7. The van der Waals surface area contributed by atoms with Gasteiger partial charge in [0, 0.05) is 23.2 Å². The van der Waals surface area contributed by atoms with Crippen LogP contribution in [0.25, 0.3) is 10.9 Å². The highest BCUT2D eigenvalue weighted by atomic mass is 19.1. The molecule has 0 bridgehead atoms. The van der Waals surface area contributed by atoms with E-state index in [4.69, 9.17) is 4.74 Å². The van der Waals surface area contributed by atoms with Gasteiger partial charge in [-0.25, -0.2) is 9.18 Å². The van der Waals surface area contributed by atoms with Crippen LogP contribution >= 0.6 is 0 Å². The molecule has 0 atom stereocenters. The third-order valence-corrected chi connectivity index (χ3v) is 5.23. The lowest BCUT2D eigenvalue weighted by Crippen LogP contribution is -2.24. The molecule has 1 aromatic heterocycles. The number of carbonyl (C=O) groups is 2. The average molecular weight is 359 g/mol. The number of nitrogens with zero attached hydrogens (tertiary/aromatic N) is 1. The molecular formula is C19H18FNO5. The Morgan fingerprint density at radius 1 is 1.35 bits per heavy atom. The number of pyridine rings is 1. The Morgan fingerprint density at radius 2 is 2.04 bits per heavy atom. The summed E-state index contributed by atoms with van der Waals surface area (Å²) in [5.41, 5.74) is -1.36. The molecule has 0 amide bonds. The van der Waals surface area contributed by atoms with E-state index in [1.807, 2.05) is 0 Å². The zero-order chi connectivity index (χ0) is 18.6. The Morgan fingerprint density at radius 3 is 2.58 bits per heavy atom. The van der Waals surface area contributed by atoms with Gasteiger partial charge in [0.1, 0.15) is 11.4 Å². The molecule has 2 aliphatic rings. The van der Waals surface area contributed by atoms with Crippen molar-refractivity contribution in [1.29, 1.82) is 0 Å². The largest absolute Gasteiger partial charge is 0.481 e. The molecule has 26 heavy (non-hydrogen) atoms. The van der Waals surface area contributed by atoms with E-state index in [1.165, 1.54) is 12.3 Å². The fourth-order valence-electron chi connectivity index (χ4n) is 3.47. The quantitative estimate of drug-likeness (QED) is 0.830. The summed E-state index contributed by atoms with van der Waals surface area (Å²) in [5, 5.41) is 9.55. The van der Waals surface area contributed by atoms with Gasteiger partial charge >= 0.3 is 11.9 Å². The number of carboxylic acid groups (broad SMARTS) is 1. The standard InChI is InChI=1S/C19H18FNO5/c1-2-26-17(23)12-9-21(10-3-4-10)15-8-13(19(5-6-19)18(24)25)14(20)7-11(15)16(12)22/h7-10H,2-6H2,1H3,(H,24,25). The van der Waals surface area contributed by atoms with E-state index in [0.29, 0.717) is 18.4 Å². The summed E-state index contributed by atoms with van der Waals surface area (Å²) in [7, 11) is 0. The molecule has 0 unspecified atom stereocenters. The van der Waals surface area contributed by atoms with Crippen molar-refractivity contribution in [1.82, 2.24) is 4.57 Å². The highest BCUT2D eigenvalue weighted by molar-refractivity contribution is 5.95. The maximum atomic E-state index is 14.7. The lowest BCUT2D eigenvalue weighted by molar-refractivity contribution is -0.140. The Balaban J connectivity index is 1.98. The van der Waals surface area contributed by atoms with Crippen molar-refractivity contribution in [3.05, 3.63) is 45.5 Å². The first kappa shape index (κ1) is 16.8. The molecule has 4 rings (SSSR count). The number of fused-ring (bicyclic) bond motifs is 1. The number of ether oxygens (including phenoxy) is 1. The summed E-state index contributed by atoms with van der Waals surface area (Å²) >= 11 is 0. The summed E-state index contributed by atoms with van der Waals surface area (Å²) < 4.78 is 21.4. The van der Waals surface area contributed by atoms with Crippen molar-refractivity contribution >= 4 is 22.8 Å². The van der Waals surface area contributed by atoms with Crippen LogP contribution in [0.4, 0.5) is 4.39 Å². The molecule has 1 heterocycles. The van der Waals surface area contributed by atoms with Crippen LogP contribution < -0.4 is 5.43 Å². The number of carboxylic acids is 1. The number of aliphatic carboxylic acids is 1. The number of hydrogen-bond acceptors (Lipinski definition) is 4. The van der Waals surface area contributed by atoms with Gasteiger partial charge in [0.2, 0.25) is 5.43 Å². The number of hydrogen-bond donors (Lipinski definition) is 1. The van der Waals surface area contributed by atoms with Crippen LogP contribution in [0.3, 0.4) is 0 Å². The van der Waals surface area contributed by atoms with Gasteiger partial charge in [-0.15, -0.1) is 0 Å². The summed E-state index contributed by atoms with van der Waals surface area (Å²) in [5.74, 6) is -2.51. The second-order valence-electron chi connectivity index (χ2n) is 6.97. The monoisotopic (exact) mass is 359 g/mol. The van der Waals surface area contributed by atoms with Crippen LogP contribution in [0.5, 0.6) is 0 Å². The second-order valence-corrected chi connectivity index (χ2v) is 6.97. The van der Waals surface area contributed by atoms with Gasteiger partial charge in [-0.2, -0.15) is 0 Å². The Bertz CT molecular complexity index is 1000. The normalized spacial score (nSPS) is 17.9. The predicted octanol–water partition coefficient (Wildman–Crippen LogP) is 2.77. The zero-order valence-electron chi connectivity index (χ0n) is 14.3. The minimum absolute atomic E-state index is 0.0740. The average Bonchev–Trinajstić information content (AvgIpc) is 3.48. The van der Waals surface area contributed by atoms with Crippen LogP contribution in [-0.2, 0) is 14.9 Å². The van der Waals surface area contributed by atoms with E-state index >= 15 is 0 Å². The van der Waals surface area contributed by atoms with E-state index in [9.17, 15) is 23.9 Å². The lowest BCUT2D eigenvalue weighted by atomic mass is 9.93. The molecule has 136 valence electrons. The van der Waals surface area contributed by atoms with Gasteiger partial charge in [0.05, 0.1) is 17.5 Å². The van der Waals surface area contributed by atoms with Gasteiger partial charge in [0.25, 0.3) is 0 Å². The van der Waals surface area contributed by atoms with E-state index in [1.54, 1.807) is 11.5 Å². The molecule has 0 aliphatic heterocycles. The first-order valence-electron chi connectivity index (χ1n) is 8.68. The van der Waals surface area contributed by atoms with E-state index < -0.39 is 28.6 Å². The summed E-state index contributed by atoms with van der Waals surface area (Å²) in [4.78, 5) is 36.4. The smallest absolute Gasteiger partial charge is 0.343 e. The number of halogens is 1. The fourth-order valence-corrected chi connectivity index (χ4v) is 3.47. The van der Waals surface area contributed by atoms with E-state index in [0.717, 1.165) is 18.9 Å². The number of rotatable bonds is 5. The molecule has 0 radical (unpaired) electrons. The summed E-state index contributed by atoms with van der Waals surface area (Å²) in [6.45, 7) is 1.78. The first-order valence-corrected chi connectivity index (χ1v) is 8.68. The lowest BCUT2D eigenvalue weighted by Gasteiger charge is -2.17. The van der Waals surface area contributed by atoms with Crippen LogP contribution in [0, 0.1) is 5.82 Å². The third-order valence-electron chi connectivity index (χ3n) is 5.23. The number of benzene rings is 1.